The van der Waals surface area contributed by atoms with Crippen LogP contribution in [0.25, 0.3) is 28.0 Å². The molecular formula is C21H12O2. The number of hydrogen-bond acceptors (Lipinski definition) is 2. The fourth-order valence-electron chi connectivity index (χ4n) is 3.86. The van der Waals surface area contributed by atoms with Gasteiger partial charge in [-0.3, -0.25) is 9.59 Å². The molecule has 0 saturated carbocycles. The molecule has 0 aromatic heterocycles. The minimum atomic E-state index is 0.00341. The molecular weight excluding hydrogens is 284 g/mol. The molecule has 2 aliphatic carbocycles. The summed E-state index contributed by atoms with van der Waals surface area (Å²) in [7, 11) is 0. The highest BCUT2D eigenvalue weighted by atomic mass is 16.1. The number of fused-ring (bicyclic) bond motifs is 2. The third-order valence-electron chi connectivity index (χ3n) is 4.91. The summed E-state index contributed by atoms with van der Waals surface area (Å²) in [6, 6.07) is 13.6. The van der Waals surface area contributed by atoms with Crippen molar-refractivity contribution in [3.05, 3.63) is 76.4 Å². The quantitative estimate of drug-likeness (QED) is 0.476. The van der Waals surface area contributed by atoms with Crippen molar-refractivity contribution >= 4 is 28.4 Å². The van der Waals surface area contributed by atoms with Crippen LogP contribution in [0.4, 0.5) is 0 Å². The van der Waals surface area contributed by atoms with Gasteiger partial charge >= 0.3 is 0 Å². The maximum Gasteiger partial charge on any atom is 0.194 e. The van der Waals surface area contributed by atoms with E-state index in [1.54, 1.807) is 6.08 Å². The van der Waals surface area contributed by atoms with Crippen LogP contribution in [0.3, 0.4) is 0 Å². The van der Waals surface area contributed by atoms with Gasteiger partial charge in [0.25, 0.3) is 0 Å². The second-order valence-corrected chi connectivity index (χ2v) is 6.14. The third-order valence-corrected chi connectivity index (χ3v) is 4.91. The van der Waals surface area contributed by atoms with Crippen LogP contribution in [0.2, 0.25) is 0 Å². The Morgan fingerprint density at radius 1 is 0.696 bits per heavy atom. The van der Waals surface area contributed by atoms with E-state index >= 15 is 0 Å². The fourth-order valence-corrected chi connectivity index (χ4v) is 3.86. The lowest BCUT2D eigenvalue weighted by Gasteiger charge is -2.24. The highest BCUT2D eigenvalue weighted by Crippen LogP contribution is 2.43. The topological polar surface area (TPSA) is 34.1 Å². The van der Waals surface area contributed by atoms with Crippen molar-refractivity contribution in [2.45, 2.75) is 6.92 Å². The molecule has 2 aliphatic rings. The largest absolute Gasteiger partial charge is 0.289 e. The monoisotopic (exact) mass is 296 g/mol. The van der Waals surface area contributed by atoms with E-state index < -0.39 is 0 Å². The summed E-state index contributed by atoms with van der Waals surface area (Å²) in [4.78, 5) is 25.2. The van der Waals surface area contributed by atoms with Gasteiger partial charge in [0.05, 0.1) is 0 Å². The van der Waals surface area contributed by atoms with Gasteiger partial charge in [0.15, 0.2) is 11.6 Å². The molecule has 0 atom stereocenters. The van der Waals surface area contributed by atoms with Gasteiger partial charge in [-0.2, -0.15) is 0 Å². The molecule has 0 amide bonds. The van der Waals surface area contributed by atoms with E-state index in [9.17, 15) is 9.59 Å². The molecule has 0 fully saturated rings. The SMILES string of the molecule is Cc1cccc2c1C(=O)c1ccc3c4c(ccc-2c14)C(=O)C=C3. The summed E-state index contributed by atoms with van der Waals surface area (Å²) in [6.45, 7) is 1.97. The molecule has 2 nitrogen and oxygen atoms in total. The number of benzene rings is 3. The van der Waals surface area contributed by atoms with Crippen LogP contribution in [0.15, 0.2) is 48.5 Å². The first kappa shape index (κ1) is 12.5. The average Bonchev–Trinajstić information content (AvgIpc) is 2.56. The summed E-state index contributed by atoms with van der Waals surface area (Å²) in [5.74, 6) is 0.0555. The number of ketones is 2. The number of rotatable bonds is 0. The van der Waals surface area contributed by atoms with Crippen LogP contribution >= 0.6 is 0 Å². The van der Waals surface area contributed by atoms with E-state index in [0.29, 0.717) is 11.1 Å². The Kier molecular flexibility index (Phi) is 2.21. The zero-order valence-electron chi connectivity index (χ0n) is 12.5. The van der Waals surface area contributed by atoms with E-state index in [-0.39, 0.29) is 11.6 Å². The fraction of sp³-hybridized carbons (Fsp3) is 0.0476. The van der Waals surface area contributed by atoms with Crippen molar-refractivity contribution in [2.24, 2.45) is 0 Å². The molecule has 23 heavy (non-hydrogen) atoms. The molecule has 0 heterocycles. The van der Waals surface area contributed by atoms with Gasteiger partial charge in [-0.25, -0.2) is 0 Å². The summed E-state index contributed by atoms with van der Waals surface area (Å²) in [5.41, 5.74) is 6.17. The van der Waals surface area contributed by atoms with Gasteiger partial charge in [-0.15, -0.1) is 0 Å². The van der Waals surface area contributed by atoms with Crippen LogP contribution in [0.1, 0.15) is 37.4 Å². The molecule has 108 valence electrons. The molecule has 0 bridgehead atoms. The van der Waals surface area contributed by atoms with E-state index in [1.165, 1.54) is 0 Å². The molecule has 0 unspecified atom stereocenters. The molecule has 5 rings (SSSR count). The maximum atomic E-state index is 13.0. The van der Waals surface area contributed by atoms with Gasteiger partial charge in [0.1, 0.15) is 0 Å². The van der Waals surface area contributed by atoms with Gasteiger partial charge in [0.2, 0.25) is 0 Å². The average molecular weight is 296 g/mol. The maximum absolute atomic E-state index is 13.0. The number of hydrogen-bond donors (Lipinski definition) is 0. The Labute approximate surface area is 133 Å². The second kappa shape index (κ2) is 4.05. The second-order valence-electron chi connectivity index (χ2n) is 6.14. The first-order chi connectivity index (χ1) is 11.2. The summed E-state index contributed by atoms with van der Waals surface area (Å²) in [5, 5.41) is 1.83. The van der Waals surface area contributed by atoms with E-state index in [0.717, 1.165) is 38.6 Å². The first-order valence-electron chi connectivity index (χ1n) is 7.63. The molecule has 3 aromatic carbocycles. The van der Waals surface area contributed by atoms with Gasteiger partial charge in [0, 0.05) is 27.5 Å². The van der Waals surface area contributed by atoms with Crippen molar-refractivity contribution < 1.29 is 9.59 Å². The van der Waals surface area contributed by atoms with E-state index in [4.69, 9.17) is 0 Å². The zero-order valence-corrected chi connectivity index (χ0v) is 12.5. The minimum Gasteiger partial charge on any atom is -0.289 e. The zero-order chi connectivity index (χ0) is 15.7. The predicted octanol–water partition coefficient (Wildman–Crippen LogP) is 4.57. The van der Waals surface area contributed by atoms with Crippen molar-refractivity contribution in [3.8, 4) is 11.1 Å². The van der Waals surface area contributed by atoms with Crippen LogP contribution in [0.5, 0.6) is 0 Å². The molecule has 3 aromatic rings. The molecule has 0 N–H and O–H groups in total. The van der Waals surface area contributed by atoms with Crippen molar-refractivity contribution in [3.63, 3.8) is 0 Å². The summed E-state index contributed by atoms with van der Waals surface area (Å²) < 4.78 is 0. The van der Waals surface area contributed by atoms with Gasteiger partial charge in [-0.1, -0.05) is 36.4 Å². The van der Waals surface area contributed by atoms with Crippen LogP contribution in [-0.4, -0.2) is 11.6 Å². The molecule has 0 saturated heterocycles. The smallest absolute Gasteiger partial charge is 0.194 e. The Morgan fingerprint density at radius 2 is 1.48 bits per heavy atom. The van der Waals surface area contributed by atoms with Crippen molar-refractivity contribution in [2.75, 3.05) is 0 Å². The Hall–Kier alpha value is -3.00. The number of aryl methyl sites for hydroxylation is 1. The van der Waals surface area contributed by atoms with Crippen LogP contribution in [0, 0.1) is 6.92 Å². The van der Waals surface area contributed by atoms with Crippen molar-refractivity contribution in [1.29, 1.82) is 0 Å². The molecule has 0 aliphatic heterocycles. The highest BCUT2D eigenvalue weighted by Gasteiger charge is 2.29. The lowest BCUT2D eigenvalue weighted by atomic mass is 9.78. The number of carbonyl (C=O) groups is 2. The van der Waals surface area contributed by atoms with E-state index in [2.05, 4.69) is 0 Å². The van der Waals surface area contributed by atoms with Gasteiger partial charge in [-0.05, 0) is 47.4 Å². The van der Waals surface area contributed by atoms with E-state index in [1.807, 2.05) is 55.5 Å². The van der Waals surface area contributed by atoms with Crippen LogP contribution in [-0.2, 0) is 0 Å². The normalized spacial score (nSPS) is 14.3. The standard InChI is InChI=1S/C21H12O2/c1-11-3-2-4-13-14-8-9-15-17(22)10-6-12-5-7-16(20(14)19(12)15)21(23)18(11)13/h2-10H,1H3. The summed E-state index contributed by atoms with van der Waals surface area (Å²) >= 11 is 0. The van der Waals surface area contributed by atoms with Crippen molar-refractivity contribution in [1.82, 2.24) is 0 Å². The minimum absolute atomic E-state index is 0.00341. The first-order valence-corrected chi connectivity index (χ1v) is 7.63. The Bertz CT molecular complexity index is 1100. The Morgan fingerprint density at radius 3 is 2.35 bits per heavy atom. The highest BCUT2D eigenvalue weighted by molar-refractivity contribution is 6.31. The lowest BCUT2D eigenvalue weighted by molar-refractivity contribution is 0.103. The third kappa shape index (κ3) is 1.43. The number of carbonyl (C=O) groups excluding carboxylic acids is 2. The molecule has 0 radical (unpaired) electrons. The predicted molar refractivity (Wildman–Crippen MR) is 90.9 cm³/mol. The molecule has 2 heteroatoms. The Balaban J connectivity index is 2.05. The number of allylic oxidation sites excluding steroid dienone is 1. The molecule has 0 spiro atoms. The summed E-state index contributed by atoms with van der Waals surface area (Å²) in [6.07, 6.45) is 3.44. The lowest BCUT2D eigenvalue weighted by Crippen LogP contribution is -2.14. The van der Waals surface area contributed by atoms with Crippen LogP contribution < -0.4 is 0 Å². The van der Waals surface area contributed by atoms with Gasteiger partial charge < -0.3 is 0 Å².